The van der Waals surface area contributed by atoms with Gasteiger partial charge in [-0.15, -0.1) is 0 Å². The Bertz CT molecular complexity index is 1590. The van der Waals surface area contributed by atoms with Crippen LogP contribution in [-0.4, -0.2) is 41.8 Å². The van der Waals surface area contributed by atoms with E-state index in [-0.39, 0.29) is 11.1 Å². The van der Waals surface area contributed by atoms with E-state index in [9.17, 15) is 22.8 Å². The minimum atomic E-state index is -4.55. The molecule has 0 spiro atoms. The molecule has 196 valence electrons. The van der Waals surface area contributed by atoms with Crippen molar-refractivity contribution in [2.45, 2.75) is 13.1 Å². The van der Waals surface area contributed by atoms with E-state index < -0.39 is 17.6 Å². The number of benzene rings is 2. The van der Waals surface area contributed by atoms with Crippen LogP contribution >= 0.6 is 0 Å². The number of ether oxygens (including phenoxy) is 1. The van der Waals surface area contributed by atoms with Crippen molar-refractivity contribution in [1.82, 2.24) is 9.55 Å². The second-order valence-electron chi connectivity index (χ2n) is 9.19. The molecule has 38 heavy (non-hydrogen) atoms. The average molecular weight is 523 g/mol. The summed E-state index contributed by atoms with van der Waals surface area (Å²) in [5.74, 6) is 0.0937. The van der Waals surface area contributed by atoms with Gasteiger partial charge in [-0.3, -0.25) is 9.59 Å². The van der Waals surface area contributed by atoms with Crippen molar-refractivity contribution in [1.29, 1.82) is 0 Å². The first-order valence-corrected chi connectivity index (χ1v) is 12.0. The van der Waals surface area contributed by atoms with E-state index >= 15 is 0 Å². The van der Waals surface area contributed by atoms with E-state index in [1.54, 1.807) is 42.1 Å². The number of hydrogen-bond acceptors (Lipinski definition) is 5. The maximum Gasteiger partial charge on any atom is 0.416 e. The molecular weight excluding hydrogens is 497 g/mol. The maximum absolute atomic E-state index is 13.4. The van der Waals surface area contributed by atoms with Crippen LogP contribution in [0.4, 0.5) is 24.7 Å². The first-order valence-electron chi connectivity index (χ1n) is 12.0. The number of carbonyl (C=O) groups excluding carboxylic acids is 1. The smallest absolute Gasteiger partial charge is 0.378 e. The highest BCUT2D eigenvalue weighted by molar-refractivity contribution is 6.04. The Labute approximate surface area is 216 Å². The number of nitrogens with zero attached hydrogens (tertiary/aromatic N) is 3. The van der Waals surface area contributed by atoms with Crippen molar-refractivity contribution in [3.8, 4) is 11.1 Å². The van der Waals surface area contributed by atoms with E-state index in [1.165, 1.54) is 12.1 Å². The van der Waals surface area contributed by atoms with Crippen molar-refractivity contribution in [3.05, 3.63) is 87.8 Å². The van der Waals surface area contributed by atoms with E-state index in [4.69, 9.17) is 4.74 Å². The number of carbonyl (C=O) groups is 1. The number of aryl methyl sites for hydroxylation is 2. The summed E-state index contributed by atoms with van der Waals surface area (Å²) in [6.07, 6.45) is -2.82. The largest absolute Gasteiger partial charge is 0.416 e. The highest BCUT2D eigenvalue weighted by Gasteiger charge is 2.31. The summed E-state index contributed by atoms with van der Waals surface area (Å²) in [5.41, 5.74) is 1.68. The standard InChI is InChI=1S/C28H25F3N4O3/c1-17-6-7-21(33-26(36)18-4-3-5-20(12-18)28(29,30)31)14-22(17)23-13-19-16-32-25(35-8-10-38-11-9-35)15-24(19)34(2)27(23)37/h3-7,12-16H,8-11H2,1-2H3,(H,33,36). The van der Waals surface area contributed by atoms with Gasteiger partial charge in [0.05, 0.1) is 24.3 Å². The predicted molar refractivity (Wildman–Crippen MR) is 140 cm³/mol. The zero-order valence-corrected chi connectivity index (χ0v) is 20.8. The number of morpholine rings is 1. The lowest BCUT2D eigenvalue weighted by Crippen LogP contribution is -2.36. The molecular formula is C28H25F3N4O3. The van der Waals surface area contributed by atoms with Gasteiger partial charge in [-0.2, -0.15) is 13.2 Å². The summed E-state index contributed by atoms with van der Waals surface area (Å²) >= 11 is 0. The molecule has 2 aromatic carbocycles. The summed E-state index contributed by atoms with van der Waals surface area (Å²) in [5, 5.41) is 3.42. The van der Waals surface area contributed by atoms with Crippen molar-refractivity contribution >= 4 is 28.3 Å². The first kappa shape index (κ1) is 25.5. The van der Waals surface area contributed by atoms with Crippen molar-refractivity contribution in [2.24, 2.45) is 7.05 Å². The van der Waals surface area contributed by atoms with Crippen LogP contribution in [0, 0.1) is 6.92 Å². The zero-order chi connectivity index (χ0) is 27.0. The quantitative estimate of drug-likeness (QED) is 0.408. The number of hydrogen-bond donors (Lipinski definition) is 1. The van der Waals surface area contributed by atoms with Gasteiger partial charge in [0.15, 0.2) is 0 Å². The molecule has 1 amide bonds. The van der Waals surface area contributed by atoms with Gasteiger partial charge in [-0.25, -0.2) is 4.98 Å². The molecule has 5 rings (SSSR count). The molecule has 1 aliphatic rings. The number of halogens is 3. The molecule has 1 N–H and O–H groups in total. The van der Waals surface area contributed by atoms with Gasteiger partial charge in [-0.05, 0) is 54.4 Å². The number of fused-ring (bicyclic) bond motifs is 1. The van der Waals surface area contributed by atoms with Crippen LogP contribution in [0.15, 0.2) is 65.6 Å². The third-order valence-electron chi connectivity index (χ3n) is 6.67. The number of aromatic nitrogens is 2. The number of alkyl halides is 3. The van der Waals surface area contributed by atoms with Crippen LogP contribution < -0.4 is 15.8 Å². The van der Waals surface area contributed by atoms with Crippen molar-refractivity contribution in [2.75, 3.05) is 36.5 Å². The van der Waals surface area contributed by atoms with Crippen LogP contribution in [0.3, 0.4) is 0 Å². The number of amides is 1. The fraction of sp³-hybridized carbons (Fsp3) is 0.250. The average Bonchev–Trinajstić information content (AvgIpc) is 2.92. The minimum Gasteiger partial charge on any atom is -0.378 e. The Balaban J connectivity index is 1.48. The molecule has 2 aromatic heterocycles. The molecule has 3 heterocycles. The monoisotopic (exact) mass is 522 g/mol. The lowest BCUT2D eigenvalue weighted by atomic mass is 9.99. The molecule has 4 aromatic rings. The van der Waals surface area contributed by atoms with E-state index in [0.717, 1.165) is 47.5 Å². The first-order chi connectivity index (χ1) is 18.1. The molecule has 1 saturated heterocycles. The van der Waals surface area contributed by atoms with Gasteiger partial charge in [0, 0.05) is 54.6 Å². The van der Waals surface area contributed by atoms with Crippen molar-refractivity contribution in [3.63, 3.8) is 0 Å². The number of anilines is 2. The summed E-state index contributed by atoms with van der Waals surface area (Å²) in [4.78, 5) is 32.8. The summed E-state index contributed by atoms with van der Waals surface area (Å²) < 4.78 is 46.2. The summed E-state index contributed by atoms with van der Waals surface area (Å²) in [6.45, 7) is 4.54. The van der Waals surface area contributed by atoms with Gasteiger partial charge >= 0.3 is 6.18 Å². The van der Waals surface area contributed by atoms with E-state index in [0.29, 0.717) is 30.0 Å². The Kier molecular flexibility index (Phi) is 6.66. The van der Waals surface area contributed by atoms with Gasteiger partial charge in [-0.1, -0.05) is 12.1 Å². The molecule has 7 nitrogen and oxygen atoms in total. The summed E-state index contributed by atoms with van der Waals surface area (Å²) in [6, 6.07) is 12.9. The molecule has 0 radical (unpaired) electrons. The van der Waals surface area contributed by atoms with Gasteiger partial charge < -0.3 is 19.5 Å². The highest BCUT2D eigenvalue weighted by Crippen LogP contribution is 2.31. The molecule has 10 heteroatoms. The molecule has 0 atom stereocenters. The number of nitrogens with one attached hydrogen (secondary N) is 1. The second kappa shape index (κ2) is 9.94. The SMILES string of the molecule is Cc1ccc(NC(=O)c2cccc(C(F)(F)F)c2)cc1-c1cc2cnc(N3CCOCC3)cc2n(C)c1=O. The highest BCUT2D eigenvalue weighted by atomic mass is 19.4. The van der Waals surface area contributed by atoms with E-state index in [2.05, 4.69) is 15.2 Å². The van der Waals surface area contributed by atoms with Crippen LogP contribution in [-0.2, 0) is 18.0 Å². The normalized spacial score (nSPS) is 14.1. The Morgan fingerprint density at radius 3 is 2.53 bits per heavy atom. The third kappa shape index (κ3) is 4.99. The topological polar surface area (TPSA) is 76.5 Å². The molecule has 0 aliphatic carbocycles. The minimum absolute atomic E-state index is 0.120. The molecule has 0 unspecified atom stereocenters. The fourth-order valence-corrected chi connectivity index (χ4v) is 4.54. The Morgan fingerprint density at radius 1 is 1.03 bits per heavy atom. The van der Waals surface area contributed by atoms with Gasteiger partial charge in [0.1, 0.15) is 5.82 Å². The molecule has 1 aliphatic heterocycles. The Hall–Kier alpha value is -4.18. The zero-order valence-electron chi connectivity index (χ0n) is 20.8. The second-order valence-corrected chi connectivity index (χ2v) is 9.19. The number of pyridine rings is 2. The lowest BCUT2D eigenvalue weighted by Gasteiger charge is -2.28. The van der Waals surface area contributed by atoms with Crippen LogP contribution in [0.5, 0.6) is 0 Å². The van der Waals surface area contributed by atoms with Crippen molar-refractivity contribution < 1.29 is 22.7 Å². The van der Waals surface area contributed by atoms with Gasteiger partial charge in [0.2, 0.25) is 0 Å². The van der Waals surface area contributed by atoms with Gasteiger partial charge in [0.25, 0.3) is 11.5 Å². The number of rotatable bonds is 4. The predicted octanol–water partition coefficient (Wildman–Crippen LogP) is 5.02. The molecule has 1 fully saturated rings. The molecule has 0 bridgehead atoms. The fourth-order valence-electron chi connectivity index (χ4n) is 4.54. The maximum atomic E-state index is 13.4. The third-order valence-corrected chi connectivity index (χ3v) is 6.67. The van der Waals surface area contributed by atoms with E-state index in [1.807, 2.05) is 13.0 Å². The lowest BCUT2D eigenvalue weighted by molar-refractivity contribution is -0.137. The molecule has 0 saturated carbocycles. The van der Waals surface area contributed by atoms with Crippen LogP contribution in [0.2, 0.25) is 0 Å². The Morgan fingerprint density at radius 2 is 1.79 bits per heavy atom. The van der Waals surface area contributed by atoms with Crippen LogP contribution in [0.1, 0.15) is 21.5 Å². The van der Waals surface area contributed by atoms with Crippen LogP contribution in [0.25, 0.3) is 22.0 Å². The summed E-state index contributed by atoms with van der Waals surface area (Å²) in [7, 11) is 1.70.